The van der Waals surface area contributed by atoms with E-state index in [9.17, 15) is 5.11 Å². The number of rotatable bonds is 6. The third-order valence-corrected chi connectivity index (χ3v) is 3.59. The molecule has 2 heterocycles. The van der Waals surface area contributed by atoms with Gasteiger partial charge in [0.05, 0.1) is 6.54 Å². The zero-order valence-corrected chi connectivity index (χ0v) is 13.7. The number of tetrazole rings is 1. The molecule has 1 atom stereocenters. The Bertz CT molecular complexity index is 748. The Kier molecular flexibility index (Phi) is 4.94. The van der Waals surface area contributed by atoms with E-state index in [0.29, 0.717) is 17.3 Å². The van der Waals surface area contributed by atoms with E-state index in [1.165, 1.54) is 4.68 Å². The van der Waals surface area contributed by atoms with E-state index in [1.807, 2.05) is 42.5 Å². The molecular weight excluding hydrogens is 362 g/mol. The molecule has 0 saturated heterocycles. The number of aromatic nitrogens is 5. The van der Waals surface area contributed by atoms with Crippen LogP contribution in [0.25, 0.3) is 11.5 Å². The summed E-state index contributed by atoms with van der Waals surface area (Å²) in [7, 11) is 0. The molecule has 3 aromatic rings. The van der Waals surface area contributed by atoms with Crippen LogP contribution in [0, 0.1) is 0 Å². The van der Waals surface area contributed by atoms with Gasteiger partial charge in [0.15, 0.2) is 0 Å². The van der Waals surface area contributed by atoms with Gasteiger partial charge in [-0.25, -0.2) is 4.68 Å². The summed E-state index contributed by atoms with van der Waals surface area (Å²) in [5, 5.41) is 21.6. The molecule has 2 aromatic heterocycles. The van der Waals surface area contributed by atoms with Crippen LogP contribution in [0.2, 0.25) is 0 Å². The highest BCUT2D eigenvalue weighted by Gasteiger charge is 2.14. The molecule has 8 heteroatoms. The zero-order valence-electron chi connectivity index (χ0n) is 12.1. The lowest BCUT2D eigenvalue weighted by Gasteiger charge is -2.13. The van der Waals surface area contributed by atoms with Crippen LogP contribution < -0.4 is 4.74 Å². The summed E-state index contributed by atoms with van der Waals surface area (Å²) in [6, 6.07) is 12.9. The van der Waals surface area contributed by atoms with Gasteiger partial charge in [0.1, 0.15) is 24.2 Å². The van der Waals surface area contributed by atoms with Crippen molar-refractivity contribution in [3.63, 3.8) is 0 Å². The maximum Gasteiger partial charge on any atom is 0.200 e. The maximum atomic E-state index is 10.1. The second-order valence-corrected chi connectivity index (χ2v) is 5.73. The normalized spacial score (nSPS) is 12.1. The lowest BCUT2D eigenvalue weighted by molar-refractivity contribution is 0.0892. The Morgan fingerprint density at radius 3 is 2.74 bits per heavy atom. The molecule has 118 valence electrons. The van der Waals surface area contributed by atoms with Gasteiger partial charge in [-0.2, -0.15) is 0 Å². The number of nitrogens with zero attached hydrogens (tertiary/aromatic N) is 5. The third-order valence-electron chi connectivity index (χ3n) is 3.07. The van der Waals surface area contributed by atoms with Crippen molar-refractivity contribution in [3.05, 3.63) is 53.1 Å². The van der Waals surface area contributed by atoms with Gasteiger partial charge in [-0.05, 0) is 46.8 Å². The number of aliphatic hydroxyl groups excluding tert-OH is 1. The molecule has 23 heavy (non-hydrogen) atoms. The summed E-state index contributed by atoms with van der Waals surface area (Å²) in [5.74, 6) is 1.20. The highest BCUT2D eigenvalue weighted by molar-refractivity contribution is 9.10. The molecule has 0 radical (unpaired) electrons. The number of hydrogen-bond acceptors (Lipinski definition) is 6. The summed E-state index contributed by atoms with van der Waals surface area (Å²) < 4.78 is 8.03. The third kappa shape index (κ3) is 4.11. The van der Waals surface area contributed by atoms with E-state index in [0.717, 1.165) is 4.47 Å². The molecule has 1 aromatic carbocycles. The van der Waals surface area contributed by atoms with E-state index >= 15 is 0 Å². The first-order valence-corrected chi connectivity index (χ1v) is 7.75. The average Bonchev–Trinajstić information content (AvgIpc) is 3.03. The zero-order chi connectivity index (χ0) is 16.1. The first kappa shape index (κ1) is 15.6. The van der Waals surface area contributed by atoms with Crippen LogP contribution in [-0.4, -0.2) is 43.0 Å². The monoisotopic (exact) mass is 375 g/mol. The molecule has 0 fully saturated rings. The smallest absolute Gasteiger partial charge is 0.200 e. The van der Waals surface area contributed by atoms with Crippen molar-refractivity contribution in [1.82, 2.24) is 25.2 Å². The molecule has 0 bridgehead atoms. The van der Waals surface area contributed by atoms with E-state index in [4.69, 9.17) is 4.74 Å². The van der Waals surface area contributed by atoms with E-state index in [1.54, 1.807) is 6.20 Å². The second kappa shape index (κ2) is 7.30. The lowest BCUT2D eigenvalue weighted by Crippen LogP contribution is -2.24. The van der Waals surface area contributed by atoms with Gasteiger partial charge in [-0.15, -0.1) is 5.10 Å². The summed E-state index contributed by atoms with van der Waals surface area (Å²) in [6.45, 7) is 0.360. The number of ether oxygens (including phenoxy) is 1. The molecule has 0 aliphatic carbocycles. The molecule has 7 nitrogen and oxygen atoms in total. The van der Waals surface area contributed by atoms with Crippen molar-refractivity contribution in [2.75, 3.05) is 6.61 Å². The SMILES string of the molecule is OC(COc1ccc(Br)cc1)Cn1nnnc1-c1ccccn1. The van der Waals surface area contributed by atoms with Crippen LogP contribution in [-0.2, 0) is 6.54 Å². The quantitative estimate of drug-likeness (QED) is 0.708. The summed E-state index contributed by atoms with van der Waals surface area (Å²) in [6.07, 6.45) is 0.922. The highest BCUT2D eigenvalue weighted by Crippen LogP contribution is 2.16. The molecule has 0 amide bonds. The molecule has 0 saturated carbocycles. The van der Waals surface area contributed by atoms with Crippen molar-refractivity contribution < 1.29 is 9.84 Å². The minimum Gasteiger partial charge on any atom is -0.491 e. The van der Waals surface area contributed by atoms with Crippen LogP contribution in [0.5, 0.6) is 5.75 Å². The molecule has 0 aliphatic rings. The maximum absolute atomic E-state index is 10.1. The van der Waals surface area contributed by atoms with Crippen LogP contribution in [0.4, 0.5) is 0 Å². The molecule has 3 rings (SSSR count). The average molecular weight is 376 g/mol. The molecule has 0 aliphatic heterocycles. The lowest BCUT2D eigenvalue weighted by atomic mass is 10.3. The predicted molar refractivity (Wildman–Crippen MR) is 86.7 cm³/mol. The van der Waals surface area contributed by atoms with Crippen molar-refractivity contribution in [2.45, 2.75) is 12.6 Å². The summed E-state index contributed by atoms with van der Waals surface area (Å²) >= 11 is 3.36. The summed E-state index contributed by atoms with van der Waals surface area (Å²) in [4.78, 5) is 4.21. The molecule has 1 N–H and O–H groups in total. The Morgan fingerprint density at radius 1 is 1.17 bits per heavy atom. The van der Waals surface area contributed by atoms with Crippen molar-refractivity contribution in [3.8, 4) is 17.3 Å². The summed E-state index contributed by atoms with van der Waals surface area (Å²) in [5.41, 5.74) is 0.651. The van der Waals surface area contributed by atoms with Crippen molar-refractivity contribution >= 4 is 15.9 Å². The number of hydrogen-bond donors (Lipinski definition) is 1. The number of benzene rings is 1. The van der Waals surface area contributed by atoms with Crippen molar-refractivity contribution in [2.24, 2.45) is 0 Å². The minimum atomic E-state index is -0.746. The van der Waals surface area contributed by atoms with Crippen LogP contribution in [0.1, 0.15) is 0 Å². The van der Waals surface area contributed by atoms with Crippen LogP contribution in [0.3, 0.4) is 0 Å². The fourth-order valence-corrected chi connectivity index (χ4v) is 2.25. The van der Waals surface area contributed by atoms with Crippen LogP contribution in [0.15, 0.2) is 53.1 Å². The molecular formula is C15H14BrN5O2. The minimum absolute atomic E-state index is 0.142. The molecule has 1 unspecified atom stereocenters. The Hall–Kier alpha value is -2.32. The van der Waals surface area contributed by atoms with Gasteiger partial charge in [-0.1, -0.05) is 22.0 Å². The van der Waals surface area contributed by atoms with Gasteiger partial charge in [0.2, 0.25) is 5.82 Å². The van der Waals surface area contributed by atoms with E-state index in [2.05, 4.69) is 36.4 Å². The topological polar surface area (TPSA) is 86.0 Å². The highest BCUT2D eigenvalue weighted by atomic mass is 79.9. The van der Waals surface area contributed by atoms with Crippen LogP contribution >= 0.6 is 15.9 Å². The number of pyridine rings is 1. The Labute approximate surface area is 141 Å². The number of halogens is 1. The number of aliphatic hydroxyl groups is 1. The van der Waals surface area contributed by atoms with Gasteiger partial charge in [0, 0.05) is 10.7 Å². The van der Waals surface area contributed by atoms with Crippen molar-refractivity contribution in [1.29, 1.82) is 0 Å². The second-order valence-electron chi connectivity index (χ2n) is 4.82. The van der Waals surface area contributed by atoms with Gasteiger partial charge < -0.3 is 9.84 Å². The largest absolute Gasteiger partial charge is 0.491 e. The fourth-order valence-electron chi connectivity index (χ4n) is 1.98. The first-order valence-electron chi connectivity index (χ1n) is 6.96. The Morgan fingerprint density at radius 2 is 2.00 bits per heavy atom. The fraction of sp³-hybridized carbons (Fsp3) is 0.200. The predicted octanol–water partition coefficient (Wildman–Crippen LogP) is 1.94. The standard InChI is InChI=1S/C15H14BrN5O2/c16-11-4-6-13(7-5-11)23-10-12(22)9-21-15(18-19-20-21)14-3-1-2-8-17-14/h1-8,12,22H,9-10H2. The van der Waals surface area contributed by atoms with E-state index < -0.39 is 6.10 Å². The van der Waals surface area contributed by atoms with E-state index in [-0.39, 0.29) is 13.2 Å². The first-order chi connectivity index (χ1) is 11.2. The van der Waals surface area contributed by atoms with Gasteiger partial charge in [-0.3, -0.25) is 4.98 Å². The Balaban J connectivity index is 1.61. The van der Waals surface area contributed by atoms with Gasteiger partial charge in [0.25, 0.3) is 0 Å². The van der Waals surface area contributed by atoms with Gasteiger partial charge >= 0.3 is 0 Å². The molecule has 0 spiro atoms.